The molecule has 0 bridgehead atoms. The van der Waals surface area contributed by atoms with Gasteiger partial charge in [0.25, 0.3) is 0 Å². The number of hydrogen-bond acceptors (Lipinski definition) is 2. The lowest BCUT2D eigenvalue weighted by Gasteiger charge is -2.24. The number of amides is 2. The van der Waals surface area contributed by atoms with Gasteiger partial charge < -0.3 is 10.2 Å². The van der Waals surface area contributed by atoms with Crippen molar-refractivity contribution in [2.45, 2.75) is 39.3 Å². The van der Waals surface area contributed by atoms with Crippen LogP contribution in [0.25, 0.3) is 0 Å². The molecule has 1 aliphatic rings. The second-order valence-electron chi connectivity index (χ2n) is 4.13. The zero-order valence-electron chi connectivity index (χ0n) is 8.82. The van der Waals surface area contributed by atoms with Gasteiger partial charge in [-0.25, -0.2) is 0 Å². The Bertz CT molecular complexity index is 216. The summed E-state index contributed by atoms with van der Waals surface area (Å²) < 4.78 is 0. The fraction of sp³-hybridized carbons (Fsp3) is 0.800. The Morgan fingerprint density at radius 2 is 2.36 bits per heavy atom. The molecule has 14 heavy (non-hydrogen) atoms. The summed E-state index contributed by atoms with van der Waals surface area (Å²) in [7, 11) is 0. The van der Waals surface area contributed by atoms with Crippen molar-refractivity contribution in [1.29, 1.82) is 0 Å². The fourth-order valence-corrected chi connectivity index (χ4v) is 1.78. The second kappa shape index (κ2) is 4.98. The van der Waals surface area contributed by atoms with Crippen molar-refractivity contribution in [3.63, 3.8) is 0 Å². The van der Waals surface area contributed by atoms with Gasteiger partial charge in [0.05, 0.1) is 0 Å². The summed E-state index contributed by atoms with van der Waals surface area (Å²) in [6.45, 7) is 4.82. The maximum Gasteiger partial charge on any atom is 0.224 e. The van der Waals surface area contributed by atoms with Gasteiger partial charge in [0.15, 0.2) is 0 Å². The average Bonchev–Trinajstić information content (AvgIpc) is 2.51. The van der Waals surface area contributed by atoms with Crippen molar-refractivity contribution in [1.82, 2.24) is 10.2 Å². The summed E-state index contributed by atoms with van der Waals surface area (Å²) >= 11 is 0. The van der Waals surface area contributed by atoms with Gasteiger partial charge in [-0.1, -0.05) is 13.8 Å². The monoisotopic (exact) mass is 198 g/mol. The number of likely N-dealkylation sites (tertiary alicyclic amines) is 1. The third kappa shape index (κ3) is 2.72. The van der Waals surface area contributed by atoms with Gasteiger partial charge in [0.1, 0.15) is 6.17 Å². The van der Waals surface area contributed by atoms with E-state index in [2.05, 4.69) is 5.32 Å². The standard InChI is InChI=1S/C10H18N2O2/c1-8(2)6-10(14)12-5-3-4-9(12)11-7-13/h7-9H,3-6H2,1-2H3,(H,11,13). The Labute approximate surface area is 84.7 Å². The highest BCUT2D eigenvalue weighted by Gasteiger charge is 2.27. The third-order valence-electron chi connectivity index (χ3n) is 2.42. The van der Waals surface area contributed by atoms with Crippen LogP contribution in [0.3, 0.4) is 0 Å². The Morgan fingerprint density at radius 3 is 2.93 bits per heavy atom. The van der Waals surface area contributed by atoms with Crippen LogP contribution >= 0.6 is 0 Å². The molecule has 1 aliphatic heterocycles. The van der Waals surface area contributed by atoms with Gasteiger partial charge in [-0.15, -0.1) is 0 Å². The van der Waals surface area contributed by atoms with Crippen molar-refractivity contribution in [2.75, 3.05) is 6.54 Å². The Kier molecular flexibility index (Phi) is 3.92. The molecule has 0 aromatic carbocycles. The fourth-order valence-electron chi connectivity index (χ4n) is 1.78. The zero-order chi connectivity index (χ0) is 10.6. The molecule has 0 aromatic heterocycles. The summed E-state index contributed by atoms with van der Waals surface area (Å²) in [6, 6.07) is 0. The summed E-state index contributed by atoms with van der Waals surface area (Å²) in [5.74, 6) is 0.525. The van der Waals surface area contributed by atoms with Crippen molar-refractivity contribution in [2.24, 2.45) is 5.92 Å². The minimum Gasteiger partial charge on any atom is -0.338 e. The molecule has 0 radical (unpaired) electrons. The number of rotatable bonds is 4. The van der Waals surface area contributed by atoms with Crippen LogP contribution in [0.1, 0.15) is 33.1 Å². The van der Waals surface area contributed by atoms with Crippen LogP contribution in [0, 0.1) is 5.92 Å². The molecule has 1 atom stereocenters. The van der Waals surface area contributed by atoms with E-state index in [1.54, 1.807) is 4.90 Å². The van der Waals surface area contributed by atoms with Gasteiger partial charge in [-0.3, -0.25) is 9.59 Å². The minimum atomic E-state index is -0.0706. The molecule has 4 heteroatoms. The quantitative estimate of drug-likeness (QED) is 0.677. The molecule has 0 spiro atoms. The largest absolute Gasteiger partial charge is 0.338 e. The summed E-state index contributed by atoms with van der Waals surface area (Å²) in [6.07, 6.45) is 3.03. The number of hydrogen-bond donors (Lipinski definition) is 1. The number of carbonyl (C=O) groups is 2. The van der Waals surface area contributed by atoms with Gasteiger partial charge in [-0.05, 0) is 18.8 Å². The molecule has 0 saturated carbocycles. The van der Waals surface area contributed by atoms with Gasteiger partial charge in [-0.2, -0.15) is 0 Å². The Morgan fingerprint density at radius 1 is 1.64 bits per heavy atom. The molecular weight excluding hydrogens is 180 g/mol. The molecule has 1 saturated heterocycles. The molecule has 1 unspecified atom stereocenters. The smallest absolute Gasteiger partial charge is 0.224 e. The Hall–Kier alpha value is -1.06. The first-order valence-electron chi connectivity index (χ1n) is 5.14. The molecule has 2 amide bonds. The molecule has 1 rings (SSSR count). The SMILES string of the molecule is CC(C)CC(=O)N1CCCC1NC=O. The van der Waals surface area contributed by atoms with E-state index in [-0.39, 0.29) is 12.1 Å². The van der Waals surface area contributed by atoms with Crippen LogP contribution < -0.4 is 5.32 Å². The molecule has 0 aromatic rings. The maximum atomic E-state index is 11.7. The van der Waals surface area contributed by atoms with E-state index >= 15 is 0 Å². The molecule has 4 nitrogen and oxygen atoms in total. The van der Waals surface area contributed by atoms with Gasteiger partial charge in [0.2, 0.25) is 12.3 Å². The molecule has 1 fully saturated rings. The van der Waals surface area contributed by atoms with Crippen LogP contribution in [0.2, 0.25) is 0 Å². The van der Waals surface area contributed by atoms with E-state index in [4.69, 9.17) is 0 Å². The van der Waals surface area contributed by atoms with Crippen molar-refractivity contribution in [3.05, 3.63) is 0 Å². The van der Waals surface area contributed by atoms with Crippen molar-refractivity contribution < 1.29 is 9.59 Å². The van der Waals surface area contributed by atoms with E-state index in [1.165, 1.54) is 0 Å². The zero-order valence-corrected chi connectivity index (χ0v) is 8.82. The van der Waals surface area contributed by atoms with Gasteiger partial charge >= 0.3 is 0 Å². The highest BCUT2D eigenvalue weighted by molar-refractivity contribution is 5.77. The van der Waals surface area contributed by atoms with Crippen LogP contribution in [0.5, 0.6) is 0 Å². The molecule has 0 aliphatic carbocycles. The number of carbonyl (C=O) groups excluding carboxylic acids is 2. The van der Waals surface area contributed by atoms with Crippen LogP contribution in [0.4, 0.5) is 0 Å². The van der Waals surface area contributed by atoms with Crippen LogP contribution in [0.15, 0.2) is 0 Å². The molecule has 1 heterocycles. The lowest BCUT2D eigenvalue weighted by Crippen LogP contribution is -2.44. The highest BCUT2D eigenvalue weighted by atomic mass is 16.2. The average molecular weight is 198 g/mol. The summed E-state index contributed by atoms with van der Waals surface area (Å²) in [4.78, 5) is 23.8. The molecule has 1 N–H and O–H groups in total. The lowest BCUT2D eigenvalue weighted by atomic mass is 10.1. The number of nitrogens with one attached hydrogen (secondary N) is 1. The minimum absolute atomic E-state index is 0.0706. The van der Waals surface area contributed by atoms with Gasteiger partial charge in [0, 0.05) is 13.0 Å². The topological polar surface area (TPSA) is 49.4 Å². The predicted molar refractivity (Wildman–Crippen MR) is 53.4 cm³/mol. The van der Waals surface area contributed by atoms with Crippen LogP contribution in [-0.4, -0.2) is 29.9 Å². The van der Waals surface area contributed by atoms with E-state index in [9.17, 15) is 9.59 Å². The van der Waals surface area contributed by atoms with E-state index < -0.39 is 0 Å². The number of nitrogens with zero attached hydrogens (tertiary/aromatic N) is 1. The lowest BCUT2D eigenvalue weighted by molar-refractivity contribution is -0.133. The molecular formula is C10H18N2O2. The van der Waals surface area contributed by atoms with Crippen molar-refractivity contribution >= 4 is 12.3 Å². The third-order valence-corrected chi connectivity index (χ3v) is 2.42. The van der Waals surface area contributed by atoms with E-state index in [0.29, 0.717) is 18.7 Å². The first-order valence-corrected chi connectivity index (χ1v) is 5.14. The first-order chi connectivity index (χ1) is 6.65. The second-order valence-corrected chi connectivity index (χ2v) is 4.13. The maximum absolute atomic E-state index is 11.7. The summed E-state index contributed by atoms with van der Waals surface area (Å²) in [5, 5.41) is 2.67. The molecule has 80 valence electrons. The Balaban J connectivity index is 2.48. The van der Waals surface area contributed by atoms with E-state index in [1.807, 2.05) is 13.8 Å². The van der Waals surface area contributed by atoms with Crippen LogP contribution in [-0.2, 0) is 9.59 Å². The predicted octanol–water partition coefficient (Wildman–Crippen LogP) is 0.727. The first kappa shape index (κ1) is 11.0. The van der Waals surface area contributed by atoms with E-state index in [0.717, 1.165) is 19.4 Å². The van der Waals surface area contributed by atoms with Crippen molar-refractivity contribution in [3.8, 4) is 0 Å². The highest BCUT2D eigenvalue weighted by Crippen LogP contribution is 2.17. The normalized spacial score (nSPS) is 21.4. The summed E-state index contributed by atoms with van der Waals surface area (Å²) in [5.41, 5.74) is 0.